The van der Waals surface area contributed by atoms with Gasteiger partial charge in [0.2, 0.25) is 0 Å². The monoisotopic (exact) mass is 333 g/mol. The van der Waals surface area contributed by atoms with E-state index in [-0.39, 0.29) is 24.0 Å². The van der Waals surface area contributed by atoms with Crippen LogP contribution in [0.5, 0.6) is 0 Å². The fourth-order valence-electron chi connectivity index (χ4n) is 2.36. The number of carbonyl (C=O) groups is 2. The summed E-state index contributed by atoms with van der Waals surface area (Å²) in [4.78, 5) is 23.3. The molecule has 1 heterocycles. The quantitative estimate of drug-likeness (QED) is 0.726. The Balaban J connectivity index is 2.00. The average molecular weight is 333 g/mol. The van der Waals surface area contributed by atoms with Crippen molar-refractivity contribution in [3.8, 4) is 11.3 Å². The maximum absolute atomic E-state index is 12.9. The molecule has 1 amide bonds. The van der Waals surface area contributed by atoms with Gasteiger partial charge in [0.15, 0.2) is 0 Å². The number of nitrogens with zero attached hydrogens (tertiary/aromatic N) is 1. The largest absolute Gasteiger partial charge is 0.481 e. The van der Waals surface area contributed by atoms with E-state index in [4.69, 9.17) is 0 Å². The molecule has 0 saturated heterocycles. The average Bonchev–Trinajstić information content (AvgIpc) is 3.01. The summed E-state index contributed by atoms with van der Waals surface area (Å²) in [5, 5.41) is 18.4. The highest BCUT2D eigenvalue weighted by Crippen LogP contribution is 2.18. The topological polar surface area (TPSA) is 95.1 Å². The number of hydrogen-bond donors (Lipinski definition) is 3. The Hall–Kier alpha value is -2.70. The van der Waals surface area contributed by atoms with E-state index >= 15 is 0 Å². The smallest absolute Gasteiger partial charge is 0.308 e. The first-order valence-corrected chi connectivity index (χ1v) is 7.69. The van der Waals surface area contributed by atoms with Crippen LogP contribution in [0.4, 0.5) is 4.39 Å². The predicted molar refractivity (Wildman–Crippen MR) is 86.9 cm³/mol. The third-order valence-corrected chi connectivity index (χ3v) is 3.58. The number of H-pyrrole nitrogens is 1. The van der Waals surface area contributed by atoms with Crippen LogP contribution >= 0.6 is 0 Å². The molecular weight excluding hydrogens is 313 g/mol. The fourth-order valence-corrected chi connectivity index (χ4v) is 2.36. The van der Waals surface area contributed by atoms with Gasteiger partial charge in [-0.2, -0.15) is 5.10 Å². The zero-order chi connectivity index (χ0) is 17.7. The Kier molecular flexibility index (Phi) is 5.68. The van der Waals surface area contributed by atoms with Crippen LogP contribution in [0.25, 0.3) is 11.3 Å². The molecule has 0 aliphatic carbocycles. The van der Waals surface area contributed by atoms with Gasteiger partial charge in [0, 0.05) is 12.1 Å². The van der Waals surface area contributed by atoms with Crippen molar-refractivity contribution >= 4 is 11.9 Å². The van der Waals surface area contributed by atoms with Crippen molar-refractivity contribution in [2.24, 2.45) is 11.8 Å². The number of amides is 1. The van der Waals surface area contributed by atoms with Crippen LogP contribution in [-0.2, 0) is 4.79 Å². The van der Waals surface area contributed by atoms with Crippen molar-refractivity contribution in [1.82, 2.24) is 15.5 Å². The molecule has 1 aromatic carbocycles. The summed E-state index contributed by atoms with van der Waals surface area (Å²) in [5.74, 6) is -2.11. The van der Waals surface area contributed by atoms with Gasteiger partial charge >= 0.3 is 5.97 Å². The van der Waals surface area contributed by atoms with Crippen LogP contribution in [0.2, 0.25) is 0 Å². The summed E-state index contributed by atoms with van der Waals surface area (Å²) < 4.78 is 12.9. The van der Waals surface area contributed by atoms with E-state index in [1.807, 2.05) is 13.8 Å². The summed E-state index contributed by atoms with van der Waals surface area (Å²) in [6, 6.07) is 7.30. The number of carboxylic acids is 1. The molecule has 1 aromatic heterocycles. The second-order valence-corrected chi connectivity index (χ2v) is 6.05. The predicted octanol–water partition coefficient (Wildman–Crippen LogP) is 2.69. The molecule has 7 heteroatoms. The first kappa shape index (κ1) is 17.7. The van der Waals surface area contributed by atoms with Crippen LogP contribution in [-0.4, -0.2) is 33.7 Å². The van der Waals surface area contributed by atoms with E-state index in [2.05, 4.69) is 15.5 Å². The van der Waals surface area contributed by atoms with Crippen LogP contribution in [0.15, 0.2) is 30.3 Å². The molecule has 3 N–H and O–H groups in total. The zero-order valence-corrected chi connectivity index (χ0v) is 13.5. The van der Waals surface area contributed by atoms with Crippen molar-refractivity contribution in [3.63, 3.8) is 0 Å². The molecule has 0 radical (unpaired) electrons. The van der Waals surface area contributed by atoms with E-state index in [0.717, 1.165) is 0 Å². The lowest BCUT2D eigenvalue weighted by molar-refractivity contribution is -0.142. The third-order valence-electron chi connectivity index (χ3n) is 3.58. The molecule has 0 aliphatic rings. The highest BCUT2D eigenvalue weighted by atomic mass is 19.1. The number of aliphatic carboxylic acids is 1. The van der Waals surface area contributed by atoms with Crippen molar-refractivity contribution < 1.29 is 19.1 Å². The maximum Gasteiger partial charge on any atom is 0.308 e. The Morgan fingerprint density at radius 3 is 2.54 bits per heavy atom. The Labute approximate surface area is 139 Å². The van der Waals surface area contributed by atoms with Gasteiger partial charge in [-0.3, -0.25) is 14.7 Å². The minimum absolute atomic E-state index is 0.0528. The Bertz CT molecular complexity index is 710. The number of carboxylic acid groups (broad SMARTS) is 1. The normalized spacial score (nSPS) is 12.2. The van der Waals surface area contributed by atoms with Gasteiger partial charge in [-0.1, -0.05) is 13.8 Å². The summed E-state index contributed by atoms with van der Waals surface area (Å²) in [6.45, 7) is 3.92. The number of hydrogen-bond acceptors (Lipinski definition) is 3. The molecule has 2 aromatic rings. The molecule has 24 heavy (non-hydrogen) atoms. The van der Waals surface area contributed by atoms with Gasteiger partial charge in [-0.05, 0) is 42.7 Å². The molecular formula is C17H20FN3O3. The summed E-state index contributed by atoms with van der Waals surface area (Å²) in [7, 11) is 0. The molecule has 128 valence electrons. The molecule has 0 fully saturated rings. The van der Waals surface area contributed by atoms with E-state index in [1.54, 1.807) is 18.2 Å². The lowest BCUT2D eigenvalue weighted by Crippen LogP contribution is -2.33. The lowest BCUT2D eigenvalue weighted by atomic mass is 9.97. The second-order valence-electron chi connectivity index (χ2n) is 6.05. The number of carbonyl (C=O) groups excluding carboxylic acids is 1. The van der Waals surface area contributed by atoms with E-state index in [0.29, 0.717) is 17.7 Å². The summed E-state index contributed by atoms with van der Waals surface area (Å²) in [6.07, 6.45) is 0.486. The van der Waals surface area contributed by atoms with Gasteiger partial charge in [-0.15, -0.1) is 0 Å². The number of aromatic amines is 1. The van der Waals surface area contributed by atoms with Crippen LogP contribution in [0, 0.1) is 17.7 Å². The van der Waals surface area contributed by atoms with Gasteiger partial charge in [0.05, 0.1) is 11.6 Å². The molecule has 1 unspecified atom stereocenters. The van der Waals surface area contributed by atoms with Crippen molar-refractivity contribution in [2.45, 2.75) is 20.3 Å². The molecule has 6 nitrogen and oxygen atoms in total. The van der Waals surface area contributed by atoms with E-state index in [1.165, 1.54) is 12.1 Å². The molecule has 2 rings (SSSR count). The van der Waals surface area contributed by atoms with Crippen LogP contribution in [0.3, 0.4) is 0 Å². The summed E-state index contributed by atoms with van der Waals surface area (Å²) >= 11 is 0. The van der Waals surface area contributed by atoms with Crippen LogP contribution in [0.1, 0.15) is 30.8 Å². The highest BCUT2D eigenvalue weighted by molar-refractivity contribution is 5.93. The Morgan fingerprint density at radius 1 is 1.29 bits per heavy atom. The standard InChI is InChI=1S/C17H20FN3O3/c1-10(2)7-12(17(23)24)9-19-16(22)15-8-14(20-21-15)11-3-5-13(18)6-4-11/h3-6,8,10,12H,7,9H2,1-2H3,(H,19,22)(H,20,21)(H,23,24). The molecule has 0 bridgehead atoms. The van der Waals surface area contributed by atoms with E-state index in [9.17, 15) is 19.1 Å². The Morgan fingerprint density at radius 2 is 1.96 bits per heavy atom. The summed E-state index contributed by atoms with van der Waals surface area (Å²) in [5.41, 5.74) is 1.41. The first-order chi connectivity index (χ1) is 11.4. The number of halogens is 1. The number of rotatable bonds is 7. The third kappa shape index (κ3) is 4.65. The maximum atomic E-state index is 12.9. The SMILES string of the molecule is CC(C)CC(CNC(=O)c1cc(-c2ccc(F)cc2)n[nH]1)C(=O)O. The minimum Gasteiger partial charge on any atom is -0.481 e. The van der Waals surface area contributed by atoms with Crippen molar-refractivity contribution in [2.75, 3.05) is 6.54 Å². The first-order valence-electron chi connectivity index (χ1n) is 7.69. The van der Waals surface area contributed by atoms with Crippen molar-refractivity contribution in [3.05, 3.63) is 41.8 Å². The molecule has 0 spiro atoms. The number of benzene rings is 1. The van der Waals surface area contributed by atoms with Gasteiger partial charge in [0.1, 0.15) is 11.5 Å². The van der Waals surface area contributed by atoms with Crippen LogP contribution < -0.4 is 5.32 Å². The molecule has 0 saturated carbocycles. The minimum atomic E-state index is -0.930. The van der Waals surface area contributed by atoms with Crippen molar-refractivity contribution in [1.29, 1.82) is 0 Å². The van der Waals surface area contributed by atoms with E-state index < -0.39 is 17.8 Å². The van der Waals surface area contributed by atoms with Gasteiger partial charge < -0.3 is 10.4 Å². The van der Waals surface area contributed by atoms with Gasteiger partial charge in [-0.25, -0.2) is 4.39 Å². The molecule has 1 atom stereocenters. The number of aromatic nitrogens is 2. The fraction of sp³-hybridized carbons (Fsp3) is 0.353. The zero-order valence-electron chi connectivity index (χ0n) is 13.5. The number of nitrogens with one attached hydrogen (secondary N) is 2. The second kappa shape index (κ2) is 7.72. The molecule has 0 aliphatic heterocycles. The highest BCUT2D eigenvalue weighted by Gasteiger charge is 2.20. The lowest BCUT2D eigenvalue weighted by Gasteiger charge is -2.14. The van der Waals surface area contributed by atoms with Gasteiger partial charge in [0.25, 0.3) is 5.91 Å².